The lowest BCUT2D eigenvalue weighted by molar-refractivity contribution is 0.0981. The van der Waals surface area contributed by atoms with Crippen molar-refractivity contribution in [3.8, 4) is 6.07 Å². The molecule has 0 fully saturated rings. The molecule has 0 atom stereocenters. The number of hydrogen-bond acceptors (Lipinski definition) is 5. The molecule has 0 saturated heterocycles. The molecule has 0 radical (unpaired) electrons. The molecule has 0 bridgehead atoms. The number of aromatic amines is 1. The van der Waals surface area contributed by atoms with Crippen LogP contribution >= 0.6 is 11.3 Å². The van der Waals surface area contributed by atoms with Crippen LogP contribution in [0.25, 0.3) is 0 Å². The minimum Gasteiger partial charge on any atom is -0.352 e. The van der Waals surface area contributed by atoms with Crippen LogP contribution in [0.3, 0.4) is 0 Å². The van der Waals surface area contributed by atoms with Crippen molar-refractivity contribution in [2.45, 2.75) is 18.7 Å². The Balaban J connectivity index is 2.27. The smallest absolute Gasteiger partial charge is 0.266 e. The number of H-pyrrole nitrogens is 1. The summed E-state index contributed by atoms with van der Waals surface area (Å²) in [6, 6.07) is 4.64. The van der Waals surface area contributed by atoms with Gasteiger partial charge in [0, 0.05) is 16.0 Å². The molecule has 8 heteroatoms. The van der Waals surface area contributed by atoms with Crippen molar-refractivity contribution in [2.24, 2.45) is 0 Å². The number of sulfonamides is 1. The van der Waals surface area contributed by atoms with E-state index in [1.807, 2.05) is 10.8 Å². The van der Waals surface area contributed by atoms with Gasteiger partial charge in [-0.2, -0.15) is 5.26 Å². The minimum atomic E-state index is -3.90. The standard InChI is InChI=1S/C12H11N3O3S2/c1-7-3-11(8(2)19-7)20(17,18)15-12(16)9-4-10(5-13)14-6-9/h3-4,6,14H,1-2H3,(H,15,16). The molecule has 6 nitrogen and oxygen atoms in total. The third kappa shape index (κ3) is 2.74. The van der Waals surface area contributed by atoms with Crippen LogP contribution in [-0.2, 0) is 10.0 Å². The van der Waals surface area contributed by atoms with Crippen LogP contribution < -0.4 is 4.72 Å². The maximum absolute atomic E-state index is 12.1. The average Bonchev–Trinajstić information content (AvgIpc) is 2.95. The van der Waals surface area contributed by atoms with Crippen molar-refractivity contribution < 1.29 is 13.2 Å². The van der Waals surface area contributed by atoms with Gasteiger partial charge in [0.05, 0.1) is 5.56 Å². The maximum Gasteiger partial charge on any atom is 0.266 e. The normalized spacial score (nSPS) is 11.1. The number of nitrogens with one attached hydrogen (secondary N) is 2. The second kappa shape index (κ2) is 5.11. The predicted molar refractivity (Wildman–Crippen MR) is 74.0 cm³/mol. The molecule has 0 aromatic carbocycles. The average molecular weight is 309 g/mol. The number of nitrogens with zero attached hydrogens (tertiary/aromatic N) is 1. The molecule has 0 aliphatic heterocycles. The fourth-order valence-corrected chi connectivity index (χ4v) is 4.23. The zero-order valence-corrected chi connectivity index (χ0v) is 12.4. The summed E-state index contributed by atoms with van der Waals surface area (Å²) in [6.45, 7) is 3.48. The number of nitriles is 1. The van der Waals surface area contributed by atoms with E-state index in [1.54, 1.807) is 13.8 Å². The first-order chi connectivity index (χ1) is 9.33. The summed E-state index contributed by atoms with van der Waals surface area (Å²) in [7, 11) is -3.90. The molecule has 0 unspecified atom stereocenters. The molecule has 104 valence electrons. The predicted octanol–water partition coefficient (Wildman–Crippen LogP) is 1.68. The van der Waals surface area contributed by atoms with E-state index in [2.05, 4.69) is 4.98 Å². The second-order valence-electron chi connectivity index (χ2n) is 4.13. The van der Waals surface area contributed by atoms with Gasteiger partial charge in [0.2, 0.25) is 0 Å². The molecule has 0 aliphatic carbocycles. The molecule has 2 rings (SSSR count). The number of rotatable bonds is 3. The van der Waals surface area contributed by atoms with Crippen LogP contribution in [0.5, 0.6) is 0 Å². The van der Waals surface area contributed by atoms with Crippen LogP contribution in [0.2, 0.25) is 0 Å². The Morgan fingerprint density at radius 1 is 1.40 bits per heavy atom. The van der Waals surface area contributed by atoms with Crippen molar-refractivity contribution in [3.05, 3.63) is 39.3 Å². The largest absolute Gasteiger partial charge is 0.352 e. The van der Waals surface area contributed by atoms with Crippen molar-refractivity contribution in [3.63, 3.8) is 0 Å². The SMILES string of the molecule is Cc1cc(S(=O)(=O)NC(=O)c2c[nH]c(C#N)c2)c(C)s1. The van der Waals surface area contributed by atoms with Crippen LogP contribution in [0.15, 0.2) is 23.2 Å². The summed E-state index contributed by atoms with van der Waals surface area (Å²) in [5, 5.41) is 8.65. The molecular formula is C12H11N3O3S2. The van der Waals surface area contributed by atoms with E-state index in [-0.39, 0.29) is 16.2 Å². The van der Waals surface area contributed by atoms with Gasteiger partial charge in [-0.15, -0.1) is 11.3 Å². The molecule has 0 spiro atoms. The van der Waals surface area contributed by atoms with Gasteiger partial charge in [0.15, 0.2) is 0 Å². The van der Waals surface area contributed by atoms with Gasteiger partial charge in [-0.3, -0.25) is 4.79 Å². The Morgan fingerprint density at radius 2 is 2.10 bits per heavy atom. The highest BCUT2D eigenvalue weighted by molar-refractivity contribution is 7.90. The van der Waals surface area contributed by atoms with Gasteiger partial charge in [0.1, 0.15) is 16.7 Å². The zero-order chi connectivity index (χ0) is 14.9. The number of amides is 1. The van der Waals surface area contributed by atoms with Crippen LogP contribution in [0.1, 0.15) is 25.8 Å². The number of aromatic nitrogens is 1. The number of carbonyl (C=O) groups excluding carboxylic acids is 1. The Hall–Kier alpha value is -2.11. The molecule has 0 saturated carbocycles. The van der Waals surface area contributed by atoms with Crippen LogP contribution in [0.4, 0.5) is 0 Å². The summed E-state index contributed by atoms with van der Waals surface area (Å²) >= 11 is 1.35. The third-order valence-electron chi connectivity index (χ3n) is 2.58. The Bertz CT molecular complexity index is 809. The number of hydrogen-bond donors (Lipinski definition) is 2. The highest BCUT2D eigenvalue weighted by Gasteiger charge is 2.22. The first-order valence-corrected chi connectivity index (χ1v) is 7.86. The van der Waals surface area contributed by atoms with E-state index in [1.165, 1.54) is 29.7 Å². The monoisotopic (exact) mass is 309 g/mol. The van der Waals surface area contributed by atoms with Crippen molar-refractivity contribution in [1.29, 1.82) is 5.26 Å². The fraction of sp³-hybridized carbons (Fsp3) is 0.167. The Kier molecular flexibility index (Phi) is 3.65. The maximum atomic E-state index is 12.1. The number of aryl methyl sites for hydroxylation is 2. The summed E-state index contributed by atoms with van der Waals surface area (Å²) in [4.78, 5) is 16.0. The van der Waals surface area contributed by atoms with Crippen LogP contribution in [-0.4, -0.2) is 19.3 Å². The summed E-state index contributed by atoms with van der Waals surface area (Å²) < 4.78 is 26.2. The quantitative estimate of drug-likeness (QED) is 0.900. The fourth-order valence-electron chi connectivity index (χ4n) is 1.70. The molecule has 2 aromatic heterocycles. The van der Waals surface area contributed by atoms with Gasteiger partial charge < -0.3 is 4.98 Å². The lowest BCUT2D eigenvalue weighted by Crippen LogP contribution is -2.30. The van der Waals surface area contributed by atoms with Gasteiger partial charge in [-0.25, -0.2) is 13.1 Å². The third-order valence-corrected chi connectivity index (χ3v) is 5.13. The Morgan fingerprint density at radius 3 is 2.60 bits per heavy atom. The minimum absolute atomic E-state index is 0.0923. The lowest BCUT2D eigenvalue weighted by atomic mass is 10.3. The van der Waals surface area contributed by atoms with Crippen molar-refractivity contribution in [1.82, 2.24) is 9.71 Å². The van der Waals surface area contributed by atoms with E-state index in [4.69, 9.17) is 5.26 Å². The first kappa shape index (κ1) is 14.3. The van der Waals surface area contributed by atoms with Crippen molar-refractivity contribution in [2.75, 3.05) is 0 Å². The van der Waals surface area contributed by atoms with Crippen LogP contribution in [0, 0.1) is 25.2 Å². The summed E-state index contributed by atoms with van der Waals surface area (Å²) in [5.41, 5.74) is 0.282. The van der Waals surface area contributed by atoms with Gasteiger partial charge in [0.25, 0.3) is 15.9 Å². The highest BCUT2D eigenvalue weighted by Crippen LogP contribution is 2.24. The van der Waals surface area contributed by atoms with Gasteiger partial charge in [-0.05, 0) is 26.0 Å². The molecule has 2 N–H and O–H groups in total. The summed E-state index contributed by atoms with van der Waals surface area (Å²) in [5.74, 6) is -0.772. The van der Waals surface area contributed by atoms with E-state index < -0.39 is 15.9 Å². The van der Waals surface area contributed by atoms with Gasteiger partial charge in [-0.1, -0.05) is 0 Å². The van der Waals surface area contributed by atoms with E-state index in [0.29, 0.717) is 4.88 Å². The zero-order valence-electron chi connectivity index (χ0n) is 10.7. The van der Waals surface area contributed by atoms with E-state index in [9.17, 15) is 13.2 Å². The number of carbonyl (C=O) groups is 1. The van der Waals surface area contributed by atoms with Gasteiger partial charge >= 0.3 is 0 Å². The molecule has 2 heterocycles. The molecule has 1 amide bonds. The highest BCUT2D eigenvalue weighted by atomic mass is 32.2. The number of thiophene rings is 1. The second-order valence-corrected chi connectivity index (χ2v) is 7.24. The Labute approximate surface area is 120 Å². The molecule has 2 aromatic rings. The first-order valence-electron chi connectivity index (χ1n) is 5.56. The molecule has 20 heavy (non-hydrogen) atoms. The van der Waals surface area contributed by atoms with Crippen molar-refractivity contribution >= 4 is 27.3 Å². The molecule has 0 aliphatic rings. The molecular weight excluding hydrogens is 298 g/mol. The summed E-state index contributed by atoms with van der Waals surface area (Å²) in [6.07, 6.45) is 1.29. The lowest BCUT2D eigenvalue weighted by Gasteiger charge is -2.04. The van der Waals surface area contributed by atoms with E-state index >= 15 is 0 Å². The van der Waals surface area contributed by atoms with E-state index in [0.717, 1.165) is 4.88 Å². The topological polar surface area (TPSA) is 103 Å².